The molecule has 0 saturated carbocycles. The summed E-state index contributed by atoms with van der Waals surface area (Å²) in [5.74, 6) is -2.86. The zero-order chi connectivity index (χ0) is 48.8. The fourth-order valence-electron chi connectivity index (χ4n) is 8.27. The fraction of sp³-hybridized carbons (Fsp3) is 0.490. The number of morpholine rings is 1. The molecule has 6 rings (SSSR count). The molecule has 2 aliphatic heterocycles. The lowest BCUT2D eigenvalue weighted by Gasteiger charge is -2.39. The van der Waals surface area contributed by atoms with Crippen molar-refractivity contribution in [2.75, 3.05) is 46.2 Å². The quantitative estimate of drug-likeness (QED) is 0.0452. The highest BCUT2D eigenvalue weighted by atomic mass is 16.6. The van der Waals surface area contributed by atoms with Gasteiger partial charge in [-0.15, -0.1) is 5.10 Å². The highest BCUT2D eigenvalue weighted by molar-refractivity contribution is 5.99. The number of quaternary nitrogens is 1. The number of esters is 1. The van der Waals surface area contributed by atoms with Gasteiger partial charge in [0.15, 0.2) is 12.3 Å². The van der Waals surface area contributed by atoms with Crippen LogP contribution in [0.15, 0.2) is 91.1 Å². The highest BCUT2D eigenvalue weighted by Crippen LogP contribution is 2.30. The van der Waals surface area contributed by atoms with Crippen LogP contribution >= 0.6 is 0 Å². The average Bonchev–Trinajstić information content (AvgIpc) is 3.93. The summed E-state index contributed by atoms with van der Waals surface area (Å²) in [5.41, 5.74) is 2.57. The van der Waals surface area contributed by atoms with E-state index in [0.29, 0.717) is 50.4 Å². The molecule has 0 aliphatic carbocycles. The lowest BCUT2D eigenvalue weighted by molar-refractivity contribution is -0.943. The second-order valence-electron chi connectivity index (χ2n) is 19.1. The predicted octanol–water partition coefficient (Wildman–Crippen LogP) is 3.71. The largest absolute Gasteiger partial charge is 0.411 e. The minimum absolute atomic E-state index is 0.0540. The summed E-state index contributed by atoms with van der Waals surface area (Å²) in [4.78, 5) is 83.9. The van der Waals surface area contributed by atoms with Crippen LogP contribution in [0.25, 0.3) is 11.3 Å². The molecule has 17 heteroatoms. The van der Waals surface area contributed by atoms with Gasteiger partial charge in [0, 0.05) is 19.0 Å². The number of carbonyl (C=O) groups is 6. The second kappa shape index (κ2) is 23.6. The minimum Gasteiger partial charge on any atom is -0.411 e. The number of Topliss-reactive ketones (excluding diaryl/α,β-unsaturated/α-hetero) is 1. The van der Waals surface area contributed by atoms with E-state index in [9.17, 15) is 28.8 Å². The van der Waals surface area contributed by atoms with Crippen LogP contribution in [0.1, 0.15) is 75.4 Å². The Labute approximate surface area is 398 Å². The third kappa shape index (κ3) is 14.8. The molecular formula is C51H67N8O9+. The van der Waals surface area contributed by atoms with Gasteiger partial charge in [0.25, 0.3) is 5.91 Å². The number of hydrogen-bond acceptors (Lipinski definition) is 11. The maximum absolute atomic E-state index is 14.5. The Morgan fingerprint density at radius 1 is 0.735 bits per heavy atom. The molecule has 4 amide bonds. The standard InChI is InChI=1S/C51H66N8O9/c1-34(2)27-41(46(61)51(5)32-68-51)53-49(64)43(29-37-15-11-8-12-16-37)55-48(63)42(28-35(3)4)54-47(62)40(22-17-36-13-9-7-10-14-36)52-45(60)31-59(23-25-66-26-24-59)33-67-50(65)39-20-18-38(19-21-39)44-30-58(6)57-56-44/h7-16,18-21,30,34-35,40-43H,17,22-29,31-33H2,1-6H3,(H3-,52,53,54,55,60,62,63,64)/p+1/t40-,41?,42-,43-,51+/m0/s1. The SMILES string of the molecule is CC(C)CC(NC(=O)[C@H](Cc1ccccc1)NC(=O)[C@H](CC(C)C)NC(=O)[C@H](CCc1ccccc1)NC(=O)C[N+]1(COC(=O)c2ccc(-c3cn(C)nn3)cc2)CCOCC1)C(=O)[C@@]1(C)CO1. The van der Waals surface area contributed by atoms with E-state index in [-0.39, 0.29) is 61.2 Å². The molecule has 2 fully saturated rings. The lowest BCUT2D eigenvalue weighted by Crippen LogP contribution is -2.62. The van der Waals surface area contributed by atoms with E-state index in [0.717, 1.165) is 16.7 Å². The summed E-state index contributed by atoms with van der Waals surface area (Å²) in [5, 5.41) is 19.8. The molecule has 364 valence electrons. The van der Waals surface area contributed by atoms with Crippen LogP contribution in [0.4, 0.5) is 0 Å². The number of rotatable bonds is 24. The van der Waals surface area contributed by atoms with Crippen LogP contribution in [-0.4, -0.2) is 131 Å². The molecule has 68 heavy (non-hydrogen) atoms. The van der Waals surface area contributed by atoms with Crippen molar-refractivity contribution in [3.63, 3.8) is 0 Å². The lowest BCUT2D eigenvalue weighted by atomic mass is 9.93. The van der Waals surface area contributed by atoms with E-state index in [1.807, 2.05) is 88.4 Å². The number of nitrogens with zero attached hydrogens (tertiary/aromatic N) is 4. The molecule has 4 N–H and O–H groups in total. The number of ether oxygens (including phenoxy) is 3. The van der Waals surface area contributed by atoms with Crippen LogP contribution in [0.5, 0.6) is 0 Å². The number of hydrogen-bond donors (Lipinski definition) is 4. The van der Waals surface area contributed by atoms with Crippen LogP contribution in [0.2, 0.25) is 0 Å². The Morgan fingerprint density at radius 3 is 1.88 bits per heavy atom. The van der Waals surface area contributed by atoms with Gasteiger partial charge in [-0.2, -0.15) is 0 Å². The Balaban J connectivity index is 1.16. The first-order valence-corrected chi connectivity index (χ1v) is 23.5. The number of carbonyl (C=O) groups excluding carboxylic acids is 6. The van der Waals surface area contributed by atoms with Crippen molar-refractivity contribution >= 4 is 35.4 Å². The van der Waals surface area contributed by atoms with E-state index in [2.05, 4.69) is 31.6 Å². The second-order valence-corrected chi connectivity index (χ2v) is 19.1. The Hall–Kier alpha value is -6.30. The summed E-state index contributed by atoms with van der Waals surface area (Å²) in [7, 11) is 1.77. The summed E-state index contributed by atoms with van der Waals surface area (Å²) < 4.78 is 18.6. The zero-order valence-corrected chi connectivity index (χ0v) is 40.1. The van der Waals surface area contributed by atoms with Gasteiger partial charge in [-0.1, -0.05) is 106 Å². The number of aromatic nitrogens is 3. The molecule has 2 aliphatic rings. The number of amides is 4. The van der Waals surface area contributed by atoms with Gasteiger partial charge < -0.3 is 35.5 Å². The van der Waals surface area contributed by atoms with Gasteiger partial charge in [0.05, 0.1) is 37.6 Å². The van der Waals surface area contributed by atoms with Crippen LogP contribution in [0, 0.1) is 11.8 Å². The number of ketones is 1. The zero-order valence-electron chi connectivity index (χ0n) is 40.1. The molecule has 5 atom stereocenters. The van der Waals surface area contributed by atoms with Gasteiger partial charge in [-0.05, 0) is 67.7 Å². The Kier molecular flexibility index (Phi) is 17.8. The number of nitrogens with one attached hydrogen (secondary N) is 4. The first kappa shape index (κ1) is 51.1. The summed E-state index contributed by atoms with van der Waals surface area (Å²) in [6.07, 6.45) is 3.18. The number of aryl methyl sites for hydroxylation is 2. The molecule has 4 aromatic rings. The molecule has 1 unspecified atom stereocenters. The summed E-state index contributed by atoms with van der Waals surface area (Å²) >= 11 is 0. The van der Waals surface area contributed by atoms with E-state index in [4.69, 9.17) is 14.2 Å². The molecule has 3 heterocycles. The monoisotopic (exact) mass is 936 g/mol. The van der Waals surface area contributed by atoms with Gasteiger partial charge in [0.2, 0.25) is 24.5 Å². The molecule has 3 aromatic carbocycles. The normalized spacial score (nSPS) is 18.1. The number of epoxide rings is 1. The summed E-state index contributed by atoms with van der Waals surface area (Å²) in [6.45, 7) is 11.0. The molecule has 2 saturated heterocycles. The van der Waals surface area contributed by atoms with Crippen molar-refractivity contribution in [1.82, 2.24) is 36.3 Å². The van der Waals surface area contributed by atoms with Crippen LogP contribution < -0.4 is 21.3 Å². The van der Waals surface area contributed by atoms with E-state index < -0.39 is 59.4 Å². The van der Waals surface area contributed by atoms with Crippen molar-refractivity contribution in [3.8, 4) is 11.3 Å². The molecule has 0 bridgehead atoms. The van der Waals surface area contributed by atoms with Gasteiger partial charge in [-0.25, -0.2) is 4.79 Å². The van der Waals surface area contributed by atoms with Gasteiger partial charge in [-0.3, -0.25) is 33.1 Å². The van der Waals surface area contributed by atoms with Crippen molar-refractivity contribution < 1.29 is 47.5 Å². The third-order valence-electron chi connectivity index (χ3n) is 12.3. The van der Waals surface area contributed by atoms with Crippen molar-refractivity contribution in [2.45, 2.75) is 96.5 Å². The molecular weight excluding hydrogens is 869 g/mol. The van der Waals surface area contributed by atoms with E-state index in [1.165, 1.54) is 0 Å². The number of benzene rings is 3. The predicted molar refractivity (Wildman–Crippen MR) is 253 cm³/mol. The average molecular weight is 936 g/mol. The van der Waals surface area contributed by atoms with Crippen molar-refractivity contribution in [2.24, 2.45) is 18.9 Å². The van der Waals surface area contributed by atoms with Crippen LogP contribution in [0.3, 0.4) is 0 Å². The fourth-order valence-corrected chi connectivity index (χ4v) is 8.27. The first-order chi connectivity index (χ1) is 32.5. The maximum atomic E-state index is 14.5. The molecule has 0 radical (unpaired) electrons. The maximum Gasteiger partial charge on any atom is 0.342 e. The van der Waals surface area contributed by atoms with Crippen molar-refractivity contribution in [1.29, 1.82) is 0 Å². The third-order valence-corrected chi connectivity index (χ3v) is 12.3. The van der Waals surface area contributed by atoms with Gasteiger partial charge >= 0.3 is 5.97 Å². The molecule has 0 spiro atoms. The van der Waals surface area contributed by atoms with Crippen LogP contribution in [-0.2, 0) is 58.1 Å². The minimum atomic E-state index is -1.09. The highest BCUT2D eigenvalue weighted by Gasteiger charge is 2.50. The molecule has 17 nitrogen and oxygen atoms in total. The van der Waals surface area contributed by atoms with Gasteiger partial charge in [0.1, 0.15) is 42.5 Å². The first-order valence-electron chi connectivity index (χ1n) is 23.5. The Bertz CT molecular complexity index is 2330. The molecule has 1 aromatic heterocycles. The van der Waals surface area contributed by atoms with E-state index in [1.54, 1.807) is 49.1 Å². The van der Waals surface area contributed by atoms with Crippen molar-refractivity contribution in [3.05, 3.63) is 108 Å². The smallest absolute Gasteiger partial charge is 0.342 e. The summed E-state index contributed by atoms with van der Waals surface area (Å²) in [6, 6.07) is 21.6. The topological polar surface area (TPSA) is 212 Å². The van der Waals surface area contributed by atoms with E-state index >= 15 is 0 Å². The Morgan fingerprint density at radius 2 is 1.29 bits per heavy atom.